The van der Waals surface area contributed by atoms with E-state index in [1.807, 2.05) is 49.4 Å². The van der Waals surface area contributed by atoms with Gasteiger partial charge in [0.05, 0.1) is 28.6 Å². The molecule has 2 bridgehead atoms. The molecule has 3 heterocycles. The molecule has 0 radical (unpaired) electrons. The van der Waals surface area contributed by atoms with Crippen molar-refractivity contribution in [2.24, 2.45) is 17.8 Å². The lowest BCUT2D eigenvalue weighted by Gasteiger charge is -2.47. The predicted molar refractivity (Wildman–Crippen MR) is 138 cm³/mol. The van der Waals surface area contributed by atoms with Crippen LogP contribution in [0.25, 0.3) is 33.8 Å². The van der Waals surface area contributed by atoms with Gasteiger partial charge in [0.2, 0.25) is 0 Å². The number of carbonyl (C=O) groups excluding carboxylic acids is 1. The normalized spacial score (nSPS) is 23.1. The van der Waals surface area contributed by atoms with Gasteiger partial charge in [0.1, 0.15) is 11.5 Å². The number of H-pyrrole nitrogens is 1. The van der Waals surface area contributed by atoms with Crippen LogP contribution in [0.5, 0.6) is 0 Å². The number of aromatic amines is 1. The van der Waals surface area contributed by atoms with Crippen LogP contribution in [-0.2, 0) is 9.53 Å². The SMILES string of the molecule is CCOC(=O)[C@H]1C2CCC(CC2)[C@H]1Nc1cc(-c2ccccc2)nc(-c2n[nH]c3ncc(Cl)cc23)n1. The number of pyridine rings is 1. The fraction of sp³-hybridized carbons (Fsp3) is 0.370. The highest BCUT2D eigenvalue weighted by Gasteiger charge is 2.48. The molecule has 1 aromatic carbocycles. The second-order valence-electron chi connectivity index (χ2n) is 9.57. The number of hydrogen-bond acceptors (Lipinski definition) is 7. The molecule has 3 aliphatic rings. The number of anilines is 1. The fourth-order valence-corrected chi connectivity index (χ4v) is 6.00. The summed E-state index contributed by atoms with van der Waals surface area (Å²) in [6, 6.07) is 13.7. The van der Waals surface area contributed by atoms with Crippen LogP contribution >= 0.6 is 11.6 Å². The maximum atomic E-state index is 13.0. The molecule has 3 fully saturated rings. The number of halogens is 1. The van der Waals surface area contributed by atoms with Gasteiger partial charge in [-0.1, -0.05) is 41.9 Å². The quantitative estimate of drug-likeness (QED) is 0.334. The number of nitrogens with zero attached hydrogens (tertiary/aromatic N) is 4. The highest BCUT2D eigenvalue weighted by molar-refractivity contribution is 6.31. The maximum Gasteiger partial charge on any atom is 0.311 e. The standard InChI is InChI=1S/C27H27ClN6O2/c1-2-36-27(35)22-16-8-10-17(11-9-16)23(22)31-21-13-20(15-6-4-3-5-7-15)30-26(32-21)24-19-12-18(28)14-29-25(19)34-33-24/h3-7,12-14,16-17,22-23H,2,8-11H2,1H3,(H,29,33,34)(H,30,31,32)/t16?,17?,22-,23+/m0/s1. The first-order chi connectivity index (χ1) is 17.6. The first-order valence-corrected chi connectivity index (χ1v) is 12.9. The number of fused-ring (bicyclic) bond motifs is 4. The smallest absolute Gasteiger partial charge is 0.311 e. The van der Waals surface area contributed by atoms with Crippen LogP contribution in [0.3, 0.4) is 0 Å². The van der Waals surface area contributed by atoms with E-state index in [9.17, 15) is 4.79 Å². The number of nitrogens with one attached hydrogen (secondary N) is 2. The summed E-state index contributed by atoms with van der Waals surface area (Å²) in [6.45, 7) is 2.25. The largest absolute Gasteiger partial charge is 0.466 e. The van der Waals surface area contributed by atoms with E-state index < -0.39 is 0 Å². The summed E-state index contributed by atoms with van der Waals surface area (Å²) in [5.74, 6) is 1.58. The zero-order valence-electron chi connectivity index (χ0n) is 19.9. The van der Waals surface area contributed by atoms with Crippen LogP contribution < -0.4 is 5.32 Å². The fourth-order valence-electron chi connectivity index (χ4n) is 5.84. The van der Waals surface area contributed by atoms with Gasteiger partial charge in [-0.15, -0.1) is 0 Å². The molecule has 0 saturated heterocycles. The van der Waals surface area contributed by atoms with Crippen molar-refractivity contribution >= 4 is 34.4 Å². The Hall–Kier alpha value is -3.52. The third-order valence-electron chi connectivity index (χ3n) is 7.48. The highest BCUT2D eigenvalue weighted by Crippen LogP contribution is 2.47. The van der Waals surface area contributed by atoms with Crippen molar-refractivity contribution < 1.29 is 9.53 Å². The molecule has 9 heteroatoms. The van der Waals surface area contributed by atoms with Crippen LogP contribution in [0.2, 0.25) is 5.02 Å². The molecule has 0 unspecified atom stereocenters. The van der Waals surface area contributed by atoms with Gasteiger partial charge in [-0.2, -0.15) is 5.10 Å². The number of rotatable bonds is 6. The number of aromatic nitrogens is 5. The molecule has 4 aromatic rings. The molecule has 2 atom stereocenters. The minimum Gasteiger partial charge on any atom is -0.466 e. The number of carbonyl (C=O) groups is 1. The van der Waals surface area contributed by atoms with Crippen molar-refractivity contribution in [2.75, 3.05) is 11.9 Å². The number of hydrogen-bond donors (Lipinski definition) is 2. The summed E-state index contributed by atoms with van der Waals surface area (Å²) in [6.07, 6.45) is 5.94. The Labute approximate surface area is 213 Å². The molecule has 3 aromatic heterocycles. The molecule has 3 aliphatic carbocycles. The molecule has 0 amide bonds. The molecule has 0 spiro atoms. The van der Waals surface area contributed by atoms with Crippen LogP contribution in [0, 0.1) is 17.8 Å². The van der Waals surface area contributed by atoms with Crippen LogP contribution in [-0.4, -0.2) is 43.8 Å². The molecule has 0 aliphatic heterocycles. The van der Waals surface area contributed by atoms with E-state index in [1.165, 1.54) is 0 Å². The van der Waals surface area contributed by atoms with Crippen molar-refractivity contribution in [3.05, 3.63) is 53.7 Å². The Kier molecular flexibility index (Phi) is 6.05. The Balaban J connectivity index is 1.43. The van der Waals surface area contributed by atoms with Gasteiger partial charge in [-0.05, 0) is 50.5 Å². The van der Waals surface area contributed by atoms with Crippen LogP contribution in [0.1, 0.15) is 32.6 Å². The van der Waals surface area contributed by atoms with Crippen molar-refractivity contribution in [3.8, 4) is 22.8 Å². The third kappa shape index (κ3) is 4.19. The Morgan fingerprint density at radius 1 is 1.11 bits per heavy atom. The van der Waals surface area contributed by atoms with E-state index in [1.54, 1.807) is 6.20 Å². The van der Waals surface area contributed by atoms with E-state index in [4.69, 9.17) is 26.3 Å². The molecular formula is C27H27ClN6O2. The predicted octanol–water partition coefficient (Wildman–Crippen LogP) is 5.52. The minimum atomic E-state index is -0.176. The van der Waals surface area contributed by atoms with Gasteiger partial charge in [0.25, 0.3) is 0 Å². The monoisotopic (exact) mass is 502 g/mol. The summed E-state index contributed by atoms with van der Waals surface area (Å²) in [5.41, 5.74) is 2.92. The van der Waals surface area contributed by atoms with E-state index in [-0.39, 0.29) is 17.9 Å². The minimum absolute atomic E-state index is 0.0324. The van der Waals surface area contributed by atoms with Gasteiger partial charge in [-0.3, -0.25) is 9.89 Å². The molecular weight excluding hydrogens is 476 g/mol. The molecule has 3 saturated carbocycles. The Bertz CT molecular complexity index is 1400. The second-order valence-corrected chi connectivity index (χ2v) is 10.0. The van der Waals surface area contributed by atoms with Crippen molar-refractivity contribution in [1.29, 1.82) is 0 Å². The summed E-state index contributed by atoms with van der Waals surface area (Å²) in [4.78, 5) is 27.0. The Morgan fingerprint density at radius 2 is 1.89 bits per heavy atom. The number of esters is 1. The average Bonchev–Trinajstić information content (AvgIpc) is 3.33. The lowest BCUT2D eigenvalue weighted by atomic mass is 9.61. The lowest BCUT2D eigenvalue weighted by molar-refractivity contribution is -0.154. The van der Waals surface area contributed by atoms with Crippen molar-refractivity contribution in [2.45, 2.75) is 38.6 Å². The first-order valence-electron chi connectivity index (χ1n) is 12.5. The molecule has 7 rings (SSSR count). The highest BCUT2D eigenvalue weighted by atomic mass is 35.5. The topological polar surface area (TPSA) is 106 Å². The number of benzene rings is 1. The Morgan fingerprint density at radius 3 is 2.67 bits per heavy atom. The van der Waals surface area contributed by atoms with Gasteiger partial charge >= 0.3 is 5.97 Å². The van der Waals surface area contributed by atoms with E-state index in [2.05, 4.69) is 20.5 Å². The second kappa shape index (κ2) is 9.50. The lowest BCUT2D eigenvalue weighted by Crippen LogP contribution is -2.52. The summed E-state index contributed by atoms with van der Waals surface area (Å²) < 4.78 is 5.49. The maximum absolute atomic E-state index is 13.0. The van der Waals surface area contributed by atoms with E-state index in [0.717, 1.165) is 42.3 Å². The van der Waals surface area contributed by atoms with E-state index in [0.29, 0.717) is 46.4 Å². The summed E-state index contributed by atoms with van der Waals surface area (Å²) in [7, 11) is 0. The third-order valence-corrected chi connectivity index (χ3v) is 7.69. The molecule has 184 valence electrons. The summed E-state index contributed by atoms with van der Waals surface area (Å²) >= 11 is 6.23. The van der Waals surface area contributed by atoms with Gasteiger partial charge in [0, 0.05) is 23.9 Å². The average molecular weight is 503 g/mol. The summed E-state index contributed by atoms with van der Waals surface area (Å²) in [5, 5.41) is 12.3. The van der Waals surface area contributed by atoms with Crippen LogP contribution in [0.15, 0.2) is 48.7 Å². The van der Waals surface area contributed by atoms with Crippen molar-refractivity contribution in [1.82, 2.24) is 25.1 Å². The zero-order chi connectivity index (χ0) is 24.6. The number of ether oxygens (including phenoxy) is 1. The molecule has 8 nitrogen and oxygen atoms in total. The van der Waals surface area contributed by atoms with E-state index >= 15 is 0 Å². The van der Waals surface area contributed by atoms with Gasteiger partial charge < -0.3 is 10.1 Å². The zero-order valence-corrected chi connectivity index (χ0v) is 20.7. The first kappa shape index (κ1) is 22.9. The van der Waals surface area contributed by atoms with Gasteiger partial charge in [-0.25, -0.2) is 15.0 Å². The van der Waals surface area contributed by atoms with Crippen LogP contribution in [0.4, 0.5) is 5.82 Å². The van der Waals surface area contributed by atoms with Gasteiger partial charge in [0.15, 0.2) is 11.5 Å². The van der Waals surface area contributed by atoms with Crippen molar-refractivity contribution in [3.63, 3.8) is 0 Å². The molecule has 2 N–H and O–H groups in total. The molecule has 36 heavy (non-hydrogen) atoms.